The van der Waals surface area contributed by atoms with Crippen LogP contribution in [0.5, 0.6) is 0 Å². The Morgan fingerprint density at radius 3 is 2.62 bits per heavy atom. The summed E-state index contributed by atoms with van der Waals surface area (Å²) in [7, 11) is 0. The fourth-order valence-corrected chi connectivity index (χ4v) is 2.70. The Hall–Kier alpha value is -0.810. The first-order chi connectivity index (χ1) is 9.63. The number of unbranched alkanes of at least 4 members (excludes halogenated alkanes) is 1. The van der Waals surface area contributed by atoms with Gasteiger partial charge in [0.15, 0.2) is 0 Å². The van der Waals surface area contributed by atoms with E-state index >= 15 is 0 Å². The fraction of sp³-hybridized carbons (Fsp3) is 0.867. The molecule has 0 aliphatic carbocycles. The molecule has 0 aromatic carbocycles. The minimum Gasteiger partial charge on any atom is -0.350 e. The van der Waals surface area contributed by atoms with Gasteiger partial charge in [0.25, 0.3) is 0 Å². The Morgan fingerprint density at radius 1 is 1.33 bits per heavy atom. The van der Waals surface area contributed by atoms with Crippen molar-refractivity contribution in [2.75, 3.05) is 13.1 Å². The number of halogens is 1. The van der Waals surface area contributed by atoms with Gasteiger partial charge in [0.05, 0.1) is 0 Å². The second-order valence-electron chi connectivity index (χ2n) is 5.54. The van der Waals surface area contributed by atoms with Gasteiger partial charge in [-0.3, -0.25) is 9.59 Å². The van der Waals surface area contributed by atoms with Gasteiger partial charge in [-0.1, -0.05) is 26.7 Å². The van der Waals surface area contributed by atoms with Crippen LogP contribution in [0, 0.1) is 0 Å². The van der Waals surface area contributed by atoms with Gasteiger partial charge in [-0.25, -0.2) is 0 Å². The molecule has 6 heteroatoms. The summed E-state index contributed by atoms with van der Waals surface area (Å²) >= 11 is 0. The summed E-state index contributed by atoms with van der Waals surface area (Å²) in [6, 6.07) is -0.269. The number of rotatable bonds is 7. The summed E-state index contributed by atoms with van der Waals surface area (Å²) in [6.07, 6.45) is 6.29. The number of hydrogen-bond acceptors (Lipinski definition) is 3. The number of carbonyl (C=O) groups is 2. The highest BCUT2D eigenvalue weighted by molar-refractivity contribution is 5.88. The van der Waals surface area contributed by atoms with Gasteiger partial charge in [-0.15, -0.1) is 12.4 Å². The van der Waals surface area contributed by atoms with E-state index in [-0.39, 0.29) is 36.3 Å². The van der Waals surface area contributed by atoms with Gasteiger partial charge in [-0.2, -0.15) is 0 Å². The summed E-state index contributed by atoms with van der Waals surface area (Å²) in [5.41, 5.74) is 5.72. The number of nitrogens with one attached hydrogen (secondary N) is 1. The Kier molecular flexibility index (Phi) is 10.4. The third kappa shape index (κ3) is 6.22. The Morgan fingerprint density at radius 2 is 2.05 bits per heavy atom. The molecule has 21 heavy (non-hydrogen) atoms. The summed E-state index contributed by atoms with van der Waals surface area (Å²) in [5, 5.41) is 3.02. The van der Waals surface area contributed by atoms with Crippen molar-refractivity contribution in [3.63, 3.8) is 0 Å². The Bertz CT molecular complexity index is 326. The highest BCUT2D eigenvalue weighted by Gasteiger charge is 2.31. The molecule has 5 nitrogen and oxygen atoms in total. The average molecular weight is 320 g/mol. The van der Waals surface area contributed by atoms with Crippen LogP contribution in [-0.4, -0.2) is 41.9 Å². The lowest BCUT2D eigenvalue weighted by atomic mass is 10.00. The zero-order chi connectivity index (χ0) is 15.0. The van der Waals surface area contributed by atoms with Gasteiger partial charge in [-0.05, 0) is 25.7 Å². The molecule has 0 bridgehead atoms. The van der Waals surface area contributed by atoms with Crippen LogP contribution in [0.3, 0.4) is 0 Å². The molecule has 0 saturated carbocycles. The van der Waals surface area contributed by atoms with E-state index in [1.54, 1.807) is 4.90 Å². The summed E-state index contributed by atoms with van der Waals surface area (Å²) in [6.45, 7) is 5.13. The molecule has 2 atom stereocenters. The predicted molar refractivity (Wildman–Crippen MR) is 87.4 cm³/mol. The first-order valence-corrected chi connectivity index (χ1v) is 7.93. The molecule has 0 aromatic heterocycles. The van der Waals surface area contributed by atoms with Gasteiger partial charge in [0, 0.05) is 25.6 Å². The van der Waals surface area contributed by atoms with Crippen LogP contribution in [-0.2, 0) is 9.59 Å². The molecule has 0 radical (unpaired) electrons. The maximum Gasteiger partial charge on any atom is 0.243 e. The predicted octanol–water partition coefficient (Wildman–Crippen LogP) is 1.83. The van der Waals surface area contributed by atoms with E-state index < -0.39 is 0 Å². The Labute approximate surface area is 134 Å². The van der Waals surface area contributed by atoms with Crippen molar-refractivity contribution in [3.8, 4) is 0 Å². The SMILES string of the molecule is CCCCC(CN)NC(=O)C1CCCCN1C(=O)CC.Cl. The molecule has 1 fully saturated rings. The molecule has 3 N–H and O–H groups in total. The summed E-state index contributed by atoms with van der Waals surface area (Å²) in [4.78, 5) is 26.1. The van der Waals surface area contributed by atoms with Crippen molar-refractivity contribution in [3.05, 3.63) is 0 Å². The molecule has 0 aromatic rings. The second-order valence-corrected chi connectivity index (χ2v) is 5.54. The van der Waals surface area contributed by atoms with Gasteiger partial charge in [0.1, 0.15) is 6.04 Å². The standard InChI is InChI=1S/C15H29N3O2.ClH/c1-3-5-8-12(11-16)17-15(20)13-9-6-7-10-18(13)14(19)4-2;/h12-13H,3-11,16H2,1-2H3,(H,17,20);1H. The molecule has 2 amide bonds. The topological polar surface area (TPSA) is 75.4 Å². The highest BCUT2D eigenvalue weighted by Crippen LogP contribution is 2.18. The number of piperidine rings is 1. The maximum atomic E-state index is 12.4. The number of hydrogen-bond donors (Lipinski definition) is 2. The first kappa shape index (κ1) is 20.2. The van der Waals surface area contributed by atoms with Crippen molar-refractivity contribution in [2.24, 2.45) is 5.73 Å². The van der Waals surface area contributed by atoms with Crippen LogP contribution in [0.4, 0.5) is 0 Å². The van der Waals surface area contributed by atoms with Gasteiger partial charge >= 0.3 is 0 Å². The molecule has 1 heterocycles. The lowest BCUT2D eigenvalue weighted by molar-refractivity contribution is -0.142. The average Bonchev–Trinajstić information content (AvgIpc) is 2.50. The van der Waals surface area contributed by atoms with Crippen molar-refractivity contribution >= 4 is 24.2 Å². The summed E-state index contributed by atoms with van der Waals surface area (Å²) < 4.78 is 0. The molecule has 1 aliphatic rings. The second kappa shape index (κ2) is 10.9. The van der Waals surface area contributed by atoms with E-state index in [1.807, 2.05) is 6.92 Å². The molecule has 1 rings (SSSR count). The van der Waals surface area contributed by atoms with Crippen molar-refractivity contribution in [2.45, 2.75) is 70.9 Å². The molecule has 2 unspecified atom stereocenters. The van der Waals surface area contributed by atoms with E-state index in [0.29, 0.717) is 19.5 Å². The van der Waals surface area contributed by atoms with Crippen LogP contribution >= 0.6 is 12.4 Å². The van der Waals surface area contributed by atoms with Crippen molar-refractivity contribution in [1.29, 1.82) is 0 Å². The highest BCUT2D eigenvalue weighted by atomic mass is 35.5. The minimum absolute atomic E-state index is 0. The van der Waals surface area contributed by atoms with Crippen LogP contribution in [0.2, 0.25) is 0 Å². The van der Waals surface area contributed by atoms with Gasteiger partial charge < -0.3 is 16.0 Å². The number of carbonyl (C=O) groups excluding carboxylic acids is 2. The van der Waals surface area contributed by atoms with E-state index in [4.69, 9.17) is 5.73 Å². The Balaban J connectivity index is 0.00000400. The third-order valence-electron chi connectivity index (χ3n) is 3.97. The van der Waals surface area contributed by atoms with Crippen molar-refractivity contribution in [1.82, 2.24) is 10.2 Å². The van der Waals surface area contributed by atoms with Gasteiger partial charge in [0.2, 0.25) is 11.8 Å². The normalized spacial score (nSPS) is 19.6. The molecule has 124 valence electrons. The van der Waals surface area contributed by atoms with E-state index in [9.17, 15) is 9.59 Å². The number of nitrogens with two attached hydrogens (primary N) is 1. The lowest BCUT2D eigenvalue weighted by Gasteiger charge is -2.35. The van der Waals surface area contributed by atoms with Crippen molar-refractivity contribution < 1.29 is 9.59 Å². The number of amides is 2. The lowest BCUT2D eigenvalue weighted by Crippen LogP contribution is -2.54. The van der Waals surface area contributed by atoms with Crippen LogP contribution in [0.25, 0.3) is 0 Å². The quantitative estimate of drug-likeness (QED) is 0.751. The first-order valence-electron chi connectivity index (χ1n) is 7.93. The zero-order valence-electron chi connectivity index (χ0n) is 13.3. The van der Waals surface area contributed by atoms with Crippen LogP contribution in [0.1, 0.15) is 58.8 Å². The maximum absolute atomic E-state index is 12.4. The number of likely N-dealkylation sites (tertiary alicyclic amines) is 1. The largest absolute Gasteiger partial charge is 0.350 e. The number of nitrogens with zero attached hydrogens (tertiary/aromatic N) is 1. The molecule has 1 aliphatic heterocycles. The fourth-order valence-electron chi connectivity index (χ4n) is 2.70. The summed E-state index contributed by atoms with van der Waals surface area (Å²) in [5.74, 6) is 0.0424. The molecular weight excluding hydrogens is 290 g/mol. The monoisotopic (exact) mass is 319 g/mol. The van der Waals surface area contributed by atoms with Crippen LogP contribution < -0.4 is 11.1 Å². The minimum atomic E-state index is -0.299. The molecule has 0 spiro atoms. The van der Waals surface area contributed by atoms with E-state index in [1.165, 1.54) is 0 Å². The van der Waals surface area contributed by atoms with Crippen LogP contribution in [0.15, 0.2) is 0 Å². The van der Waals surface area contributed by atoms with E-state index in [0.717, 1.165) is 38.5 Å². The van der Waals surface area contributed by atoms with E-state index in [2.05, 4.69) is 12.2 Å². The zero-order valence-corrected chi connectivity index (χ0v) is 14.1. The molecule has 1 saturated heterocycles. The third-order valence-corrected chi connectivity index (χ3v) is 3.97. The molecular formula is C15H30ClN3O2. The smallest absolute Gasteiger partial charge is 0.243 e.